The van der Waals surface area contributed by atoms with Gasteiger partial charge in [0.1, 0.15) is 5.70 Å². The van der Waals surface area contributed by atoms with Crippen molar-refractivity contribution in [3.63, 3.8) is 0 Å². The summed E-state index contributed by atoms with van der Waals surface area (Å²) in [5, 5.41) is 9.41. The lowest BCUT2D eigenvalue weighted by atomic mass is 10.2. The number of anilines is 1. The Hall–Kier alpha value is -1.79. The molecule has 0 aliphatic carbocycles. The summed E-state index contributed by atoms with van der Waals surface area (Å²) in [7, 11) is 0. The standard InChI is InChI=1S/C10H11ClFN3O2/c1-5(9(13)10(16)17)15(14)7-4-2-3-6(11)8(7)12/h2-4H,13-14H2,1H3,(H,16,17)/b9-5-. The van der Waals surface area contributed by atoms with Crippen LogP contribution in [0.4, 0.5) is 10.1 Å². The summed E-state index contributed by atoms with van der Waals surface area (Å²) in [6.45, 7) is 1.36. The Morgan fingerprint density at radius 2 is 2.12 bits per heavy atom. The van der Waals surface area contributed by atoms with Crippen molar-refractivity contribution in [1.29, 1.82) is 0 Å². The molecule has 0 aliphatic rings. The molecule has 0 spiro atoms. The fraction of sp³-hybridized carbons (Fsp3) is 0.100. The fourth-order valence-electron chi connectivity index (χ4n) is 1.14. The average molecular weight is 260 g/mol. The van der Waals surface area contributed by atoms with Crippen molar-refractivity contribution < 1.29 is 14.3 Å². The molecule has 0 heterocycles. The first-order valence-electron chi connectivity index (χ1n) is 4.54. The number of nitrogens with two attached hydrogens (primary N) is 2. The third kappa shape index (κ3) is 2.66. The van der Waals surface area contributed by atoms with E-state index in [2.05, 4.69) is 0 Å². The number of nitrogens with zero attached hydrogens (tertiary/aromatic N) is 1. The molecule has 0 unspecified atom stereocenters. The van der Waals surface area contributed by atoms with Gasteiger partial charge in [-0.25, -0.2) is 15.0 Å². The van der Waals surface area contributed by atoms with E-state index in [0.29, 0.717) is 0 Å². The second kappa shape index (κ2) is 5.03. The molecular weight excluding hydrogens is 249 g/mol. The summed E-state index contributed by atoms with van der Waals surface area (Å²) in [6, 6.07) is 4.21. The lowest BCUT2D eigenvalue weighted by Crippen LogP contribution is -2.33. The number of aliphatic carboxylic acids is 1. The van der Waals surface area contributed by atoms with E-state index in [-0.39, 0.29) is 16.4 Å². The van der Waals surface area contributed by atoms with Gasteiger partial charge in [-0.2, -0.15) is 0 Å². The number of allylic oxidation sites excluding steroid dienone is 1. The highest BCUT2D eigenvalue weighted by atomic mass is 35.5. The minimum absolute atomic E-state index is 0.0127. The van der Waals surface area contributed by atoms with Gasteiger partial charge in [0.25, 0.3) is 0 Å². The summed E-state index contributed by atoms with van der Waals surface area (Å²) >= 11 is 5.58. The van der Waals surface area contributed by atoms with E-state index in [0.717, 1.165) is 5.01 Å². The Morgan fingerprint density at radius 1 is 1.53 bits per heavy atom. The first-order chi connectivity index (χ1) is 7.86. The maximum absolute atomic E-state index is 13.6. The Morgan fingerprint density at radius 3 is 2.65 bits per heavy atom. The molecule has 0 fully saturated rings. The zero-order valence-electron chi connectivity index (χ0n) is 8.95. The first-order valence-corrected chi connectivity index (χ1v) is 4.92. The molecule has 0 saturated heterocycles. The number of benzene rings is 1. The molecule has 5 N–H and O–H groups in total. The topological polar surface area (TPSA) is 92.6 Å². The van der Waals surface area contributed by atoms with E-state index in [1.165, 1.54) is 25.1 Å². The van der Waals surface area contributed by atoms with Crippen LogP contribution in [0.25, 0.3) is 0 Å². The van der Waals surface area contributed by atoms with Crippen LogP contribution in [0.3, 0.4) is 0 Å². The van der Waals surface area contributed by atoms with Crippen molar-refractivity contribution in [3.05, 3.63) is 40.4 Å². The Labute approximate surface area is 102 Å². The van der Waals surface area contributed by atoms with Crippen molar-refractivity contribution in [2.75, 3.05) is 5.01 Å². The smallest absolute Gasteiger partial charge is 0.353 e. The SMILES string of the molecule is C/C(=C(/N)C(=O)O)N(N)c1cccc(Cl)c1F. The van der Waals surface area contributed by atoms with E-state index >= 15 is 0 Å². The van der Waals surface area contributed by atoms with Crippen LogP contribution in [0.5, 0.6) is 0 Å². The molecule has 1 rings (SSSR count). The van der Waals surface area contributed by atoms with Crippen LogP contribution >= 0.6 is 11.6 Å². The predicted molar refractivity (Wildman–Crippen MR) is 62.6 cm³/mol. The third-order valence-electron chi connectivity index (χ3n) is 2.17. The first kappa shape index (κ1) is 13.3. The molecule has 92 valence electrons. The third-order valence-corrected chi connectivity index (χ3v) is 2.46. The van der Waals surface area contributed by atoms with Gasteiger partial charge < -0.3 is 10.8 Å². The van der Waals surface area contributed by atoms with E-state index in [9.17, 15) is 9.18 Å². The molecule has 0 amide bonds. The van der Waals surface area contributed by atoms with E-state index < -0.39 is 17.5 Å². The van der Waals surface area contributed by atoms with Crippen molar-refractivity contribution in [2.45, 2.75) is 6.92 Å². The predicted octanol–water partition coefficient (Wildman–Crippen LogP) is 1.43. The summed E-state index contributed by atoms with van der Waals surface area (Å²) in [5.41, 5.74) is 4.78. The number of hydrogen-bond acceptors (Lipinski definition) is 4. The number of hydrogen-bond donors (Lipinski definition) is 3. The largest absolute Gasteiger partial charge is 0.477 e. The molecule has 0 bridgehead atoms. The highest BCUT2D eigenvalue weighted by Crippen LogP contribution is 2.26. The van der Waals surface area contributed by atoms with Gasteiger partial charge >= 0.3 is 5.97 Å². The molecule has 7 heteroatoms. The van der Waals surface area contributed by atoms with Gasteiger partial charge in [0.05, 0.1) is 16.4 Å². The summed E-state index contributed by atoms with van der Waals surface area (Å²) in [5.74, 6) is 3.51. The second-order valence-electron chi connectivity index (χ2n) is 3.25. The van der Waals surface area contributed by atoms with Crippen molar-refractivity contribution in [2.24, 2.45) is 11.6 Å². The minimum Gasteiger partial charge on any atom is -0.477 e. The monoisotopic (exact) mass is 259 g/mol. The van der Waals surface area contributed by atoms with Gasteiger partial charge in [0.2, 0.25) is 0 Å². The highest BCUT2D eigenvalue weighted by molar-refractivity contribution is 6.31. The van der Waals surface area contributed by atoms with E-state index in [1.807, 2.05) is 0 Å². The molecule has 17 heavy (non-hydrogen) atoms. The van der Waals surface area contributed by atoms with Gasteiger partial charge in [-0.05, 0) is 19.1 Å². The second-order valence-corrected chi connectivity index (χ2v) is 3.65. The molecule has 0 atom stereocenters. The number of carboxylic acids is 1. The van der Waals surface area contributed by atoms with Gasteiger partial charge in [-0.1, -0.05) is 17.7 Å². The van der Waals surface area contributed by atoms with Crippen molar-refractivity contribution >= 4 is 23.3 Å². The number of carboxylic acid groups (broad SMARTS) is 1. The summed E-state index contributed by atoms with van der Waals surface area (Å²) in [6.07, 6.45) is 0. The summed E-state index contributed by atoms with van der Waals surface area (Å²) < 4.78 is 13.6. The minimum atomic E-state index is -1.33. The molecule has 0 saturated carbocycles. The van der Waals surface area contributed by atoms with Gasteiger partial charge in [-0.15, -0.1) is 0 Å². The Bertz CT molecular complexity index is 490. The van der Waals surface area contributed by atoms with Crippen LogP contribution in [0, 0.1) is 5.82 Å². The van der Waals surface area contributed by atoms with Crippen molar-refractivity contribution in [1.82, 2.24) is 0 Å². The van der Waals surface area contributed by atoms with Gasteiger partial charge in [0, 0.05) is 0 Å². The lowest BCUT2D eigenvalue weighted by Gasteiger charge is -2.21. The van der Waals surface area contributed by atoms with E-state index in [4.69, 9.17) is 28.3 Å². The van der Waals surface area contributed by atoms with Crippen LogP contribution in [0.15, 0.2) is 29.6 Å². The Balaban J connectivity index is 3.22. The number of carbonyl (C=O) groups is 1. The van der Waals surface area contributed by atoms with Gasteiger partial charge in [0.15, 0.2) is 5.82 Å². The zero-order chi connectivity index (χ0) is 13.2. The van der Waals surface area contributed by atoms with Crippen LogP contribution in [-0.2, 0) is 4.79 Å². The average Bonchev–Trinajstić information content (AvgIpc) is 2.29. The van der Waals surface area contributed by atoms with Crippen LogP contribution in [-0.4, -0.2) is 11.1 Å². The number of rotatable bonds is 3. The maximum Gasteiger partial charge on any atom is 0.353 e. The van der Waals surface area contributed by atoms with Crippen LogP contribution in [0.1, 0.15) is 6.92 Å². The molecule has 5 nitrogen and oxygen atoms in total. The van der Waals surface area contributed by atoms with Crippen LogP contribution < -0.4 is 16.6 Å². The lowest BCUT2D eigenvalue weighted by molar-refractivity contribution is -0.132. The molecule has 0 aliphatic heterocycles. The molecule has 0 radical (unpaired) electrons. The fourth-order valence-corrected chi connectivity index (χ4v) is 1.31. The van der Waals surface area contributed by atoms with Gasteiger partial charge in [-0.3, -0.25) is 5.01 Å². The highest BCUT2D eigenvalue weighted by Gasteiger charge is 2.16. The maximum atomic E-state index is 13.6. The Kier molecular flexibility index (Phi) is 3.93. The normalized spacial score (nSPS) is 12.0. The quantitative estimate of drug-likeness (QED) is 0.434. The molecular formula is C10H11ClFN3O2. The zero-order valence-corrected chi connectivity index (χ0v) is 9.70. The van der Waals surface area contributed by atoms with Crippen LogP contribution in [0.2, 0.25) is 5.02 Å². The summed E-state index contributed by atoms with van der Waals surface area (Å²) in [4.78, 5) is 10.6. The number of halogens is 2. The number of hydrazine groups is 1. The molecule has 0 aromatic heterocycles. The van der Waals surface area contributed by atoms with E-state index in [1.54, 1.807) is 0 Å². The van der Waals surface area contributed by atoms with Crippen molar-refractivity contribution in [3.8, 4) is 0 Å². The molecule has 1 aromatic rings. The molecule has 1 aromatic carbocycles.